The lowest BCUT2D eigenvalue weighted by molar-refractivity contribution is -0.143. The summed E-state index contributed by atoms with van der Waals surface area (Å²) in [6.45, 7) is 8.03. The fourth-order valence-electron chi connectivity index (χ4n) is 3.03. The lowest BCUT2D eigenvalue weighted by Gasteiger charge is -2.31. The highest BCUT2D eigenvalue weighted by Crippen LogP contribution is 2.23. The van der Waals surface area contributed by atoms with Gasteiger partial charge < -0.3 is 15.0 Å². The Morgan fingerprint density at radius 1 is 1.07 bits per heavy atom. The van der Waals surface area contributed by atoms with Crippen LogP contribution in [0.1, 0.15) is 44.7 Å². The first-order valence-corrected chi connectivity index (χ1v) is 10.8. The fraction of sp³-hybridized carbons (Fsp3) is 0.417. The number of para-hydroxylation sites is 1. The third kappa shape index (κ3) is 6.77. The number of benzene rings is 2. The van der Waals surface area contributed by atoms with Crippen LogP contribution in [0, 0.1) is 6.92 Å². The maximum atomic E-state index is 13.1. The Balaban J connectivity index is 2.21. The SMILES string of the molecule is CC[C@@H](C)NC(=O)[C@@H](CC)N(Cc1ccc(C)cc1)C(=O)COc1ccccc1Cl. The van der Waals surface area contributed by atoms with Gasteiger partial charge in [-0.2, -0.15) is 0 Å². The van der Waals surface area contributed by atoms with E-state index in [-0.39, 0.29) is 24.5 Å². The van der Waals surface area contributed by atoms with Crippen molar-refractivity contribution in [3.63, 3.8) is 0 Å². The summed E-state index contributed by atoms with van der Waals surface area (Å²) in [5.41, 5.74) is 2.10. The van der Waals surface area contributed by atoms with Crippen molar-refractivity contribution in [3.05, 3.63) is 64.7 Å². The van der Waals surface area contributed by atoms with Crippen LogP contribution in [-0.2, 0) is 16.1 Å². The van der Waals surface area contributed by atoms with Crippen molar-refractivity contribution in [1.29, 1.82) is 0 Å². The van der Waals surface area contributed by atoms with Crippen LogP contribution in [0.5, 0.6) is 5.75 Å². The topological polar surface area (TPSA) is 58.6 Å². The molecular weight excluding hydrogens is 400 g/mol. The van der Waals surface area contributed by atoms with Gasteiger partial charge in [0.15, 0.2) is 6.61 Å². The normalized spacial score (nSPS) is 12.7. The number of hydrogen-bond acceptors (Lipinski definition) is 3. The van der Waals surface area contributed by atoms with Gasteiger partial charge in [-0.3, -0.25) is 9.59 Å². The van der Waals surface area contributed by atoms with Crippen LogP contribution in [0.4, 0.5) is 0 Å². The van der Waals surface area contributed by atoms with Gasteiger partial charge in [0.05, 0.1) is 5.02 Å². The van der Waals surface area contributed by atoms with Gasteiger partial charge in [-0.1, -0.05) is 67.4 Å². The fourth-order valence-corrected chi connectivity index (χ4v) is 3.23. The minimum atomic E-state index is -0.581. The quantitative estimate of drug-likeness (QED) is 0.591. The van der Waals surface area contributed by atoms with Crippen LogP contribution >= 0.6 is 11.6 Å². The van der Waals surface area contributed by atoms with E-state index in [9.17, 15) is 9.59 Å². The lowest BCUT2D eigenvalue weighted by Crippen LogP contribution is -2.51. The summed E-state index contributed by atoms with van der Waals surface area (Å²) in [5, 5.41) is 3.44. The molecule has 0 aromatic heterocycles. The van der Waals surface area contributed by atoms with Crippen LogP contribution in [0.3, 0.4) is 0 Å². The van der Waals surface area contributed by atoms with Crippen molar-refractivity contribution in [3.8, 4) is 5.75 Å². The number of ether oxygens (including phenoxy) is 1. The average molecular weight is 431 g/mol. The Kier molecular flexibility index (Phi) is 9.18. The number of rotatable bonds is 10. The van der Waals surface area contributed by atoms with Crippen LogP contribution in [0.25, 0.3) is 0 Å². The number of carbonyl (C=O) groups is 2. The van der Waals surface area contributed by atoms with Crippen molar-refractivity contribution in [2.24, 2.45) is 0 Å². The van der Waals surface area contributed by atoms with Gasteiger partial charge in [0, 0.05) is 12.6 Å². The maximum absolute atomic E-state index is 13.1. The van der Waals surface area contributed by atoms with Crippen molar-refractivity contribution in [2.75, 3.05) is 6.61 Å². The van der Waals surface area contributed by atoms with Crippen LogP contribution in [0.15, 0.2) is 48.5 Å². The van der Waals surface area contributed by atoms with E-state index in [4.69, 9.17) is 16.3 Å². The number of halogens is 1. The smallest absolute Gasteiger partial charge is 0.261 e. The summed E-state index contributed by atoms with van der Waals surface area (Å²) in [5.74, 6) is 0.0339. The molecule has 0 heterocycles. The third-order valence-corrected chi connectivity index (χ3v) is 5.36. The molecule has 0 radical (unpaired) electrons. The zero-order chi connectivity index (χ0) is 22.1. The molecule has 0 unspecified atom stereocenters. The number of carbonyl (C=O) groups excluding carboxylic acids is 2. The van der Waals surface area contributed by atoms with E-state index in [1.165, 1.54) is 0 Å². The number of aryl methyl sites for hydroxylation is 1. The molecule has 2 aromatic rings. The van der Waals surface area contributed by atoms with E-state index < -0.39 is 6.04 Å². The van der Waals surface area contributed by atoms with Crippen molar-refractivity contribution >= 4 is 23.4 Å². The second-order valence-corrected chi connectivity index (χ2v) is 7.88. The van der Waals surface area contributed by atoms with Gasteiger partial charge >= 0.3 is 0 Å². The molecule has 2 amide bonds. The first kappa shape index (κ1) is 23.7. The van der Waals surface area contributed by atoms with Gasteiger partial charge in [0.1, 0.15) is 11.8 Å². The minimum Gasteiger partial charge on any atom is -0.482 e. The molecule has 0 aliphatic carbocycles. The predicted octanol–water partition coefficient (Wildman–Crippen LogP) is 4.75. The predicted molar refractivity (Wildman–Crippen MR) is 121 cm³/mol. The molecule has 2 atom stereocenters. The maximum Gasteiger partial charge on any atom is 0.261 e. The van der Waals surface area contributed by atoms with E-state index in [1.54, 1.807) is 29.2 Å². The number of nitrogens with zero attached hydrogens (tertiary/aromatic N) is 1. The standard InChI is InChI=1S/C24H31ClN2O3/c1-5-18(4)26-24(29)21(6-2)27(15-19-13-11-17(3)12-14-19)23(28)16-30-22-10-8-7-9-20(22)25/h7-14,18,21H,5-6,15-16H2,1-4H3,(H,26,29)/t18-,21-/m1/s1. The average Bonchev–Trinajstić information content (AvgIpc) is 2.74. The van der Waals surface area contributed by atoms with E-state index in [1.807, 2.05) is 52.0 Å². The van der Waals surface area contributed by atoms with Crippen molar-refractivity contribution in [2.45, 2.75) is 59.2 Å². The van der Waals surface area contributed by atoms with E-state index >= 15 is 0 Å². The minimum absolute atomic E-state index is 0.0438. The molecule has 5 nitrogen and oxygen atoms in total. The molecule has 1 N–H and O–H groups in total. The second kappa shape index (κ2) is 11.6. The third-order valence-electron chi connectivity index (χ3n) is 5.05. The molecule has 0 aliphatic rings. The van der Waals surface area contributed by atoms with Crippen molar-refractivity contribution < 1.29 is 14.3 Å². The molecule has 2 aromatic carbocycles. The summed E-state index contributed by atoms with van der Waals surface area (Å²) in [4.78, 5) is 27.6. The molecule has 0 aliphatic heterocycles. The Labute approximate surface area is 184 Å². The molecule has 0 spiro atoms. The lowest BCUT2D eigenvalue weighted by atomic mass is 10.1. The number of nitrogens with one attached hydrogen (secondary N) is 1. The van der Waals surface area contributed by atoms with Crippen LogP contribution < -0.4 is 10.1 Å². The van der Waals surface area contributed by atoms with E-state index in [0.717, 1.165) is 17.5 Å². The van der Waals surface area contributed by atoms with E-state index in [0.29, 0.717) is 23.7 Å². The Morgan fingerprint density at radius 2 is 1.73 bits per heavy atom. The van der Waals surface area contributed by atoms with Gasteiger partial charge in [0.2, 0.25) is 5.91 Å². The van der Waals surface area contributed by atoms with Crippen molar-refractivity contribution in [1.82, 2.24) is 10.2 Å². The van der Waals surface area contributed by atoms with Crippen LogP contribution in [-0.4, -0.2) is 35.4 Å². The molecule has 0 saturated heterocycles. The first-order chi connectivity index (χ1) is 14.3. The van der Waals surface area contributed by atoms with E-state index in [2.05, 4.69) is 5.32 Å². The van der Waals surface area contributed by atoms with Gasteiger partial charge in [-0.05, 0) is 44.4 Å². The second-order valence-electron chi connectivity index (χ2n) is 7.47. The summed E-state index contributed by atoms with van der Waals surface area (Å²) in [7, 11) is 0. The number of hydrogen-bond donors (Lipinski definition) is 1. The molecule has 162 valence electrons. The molecule has 0 bridgehead atoms. The summed E-state index contributed by atoms with van der Waals surface area (Å²) >= 11 is 6.13. The Bertz CT molecular complexity index is 839. The highest BCUT2D eigenvalue weighted by atomic mass is 35.5. The highest BCUT2D eigenvalue weighted by molar-refractivity contribution is 6.32. The summed E-state index contributed by atoms with van der Waals surface area (Å²) < 4.78 is 5.66. The van der Waals surface area contributed by atoms with Gasteiger partial charge in [-0.15, -0.1) is 0 Å². The zero-order valence-corrected chi connectivity index (χ0v) is 18.9. The van der Waals surface area contributed by atoms with Crippen LogP contribution in [0.2, 0.25) is 5.02 Å². The molecular formula is C24H31ClN2O3. The summed E-state index contributed by atoms with van der Waals surface area (Å²) in [6.07, 6.45) is 1.33. The number of amides is 2. The molecule has 6 heteroatoms. The largest absolute Gasteiger partial charge is 0.482 e. The summed E-state index contributed by atoms with van der Waals surface area (Å²) in [6, 6.07) is 14.4. The highest BCUT2D eigenvalue weighted by Gasteiger charge is 2.29. The van der Waals surface area contributed by atoms with Gasteiger partial charge in [0.25, 0.3) is 5.91 Å². The van der Waals surface area contributed by atoms with Gasteiger partial charge in [-0.25, -0.2) is 0 Å². The first-order valence-electron chi connectivity index (χ1n) is 10.4. The Morgan fingerprint density at radius 3 is 2.33 bits per heavy atom. The molecule has 0 saturated carbocycles. The molecule has 30 heavy (non-hydrogen) atoms. The zero-order valence-electron chi connectivity index (χ0n) is 18.2. The Hall–Kier alpha value is -2.53. The monoisotopic (exact) mass is 430 g/mol. The molecule has 2 rings (SSSR count). The molecule has 0 fully saturated rings.